The van der Waals surface area contributed by atoms with Crippen LogP contribution in [-0.4, -0.2) is 8.02 Å². The van der Waals surface area contributed by atoms with Crippen LogP contribution in [-0.2, 0) is 0 Å². The van der Waals surface area contributed by atoms with Crippen molar-refractivity contribution < 1.29 is 0 Å². The third-order valence-electron chi connectivity index (χ3n) is 0.190. The van der Waals surface area contributed by atoms with E-state index >= 15 is 0 Å². The highest BCUT2D eigenvalue weighted by Gasteiger charge is 2.05. The first-order chi connectivity index (χ1) is 2.64. The van der Waals surface area contributed by atoms with E-state index in [-0.39, 0.29) is 8.02 Å². The number of hydrogen-bond donors (Lipinski definition) is 0. The highest BCUT2D eigenvalue weighted by atomic mass is 79.9. The first kappa shape index (κ1) is 7.73. The topological polar surface area (TPSA) is 0 Å². The zero-order valence-electron chi connectivity index (χ0n) is 2.67. The number of alkyl halides is 4. The summed E-state index contributed by atoms with van der Waals surface area (Å²) in [5.74, 6) is 0. The monoisotopic (exact) mass is 298 g/mol. The summed E-state index contributed by atoms with van der Waals surface area (Å²) in [6.45, 7) is 0. The average molecular weight is 301 g/mol. The molecule has 0 saturated carbocycles. The van der Waals surface area contributed by atoms with Crippen molar-refractivity contribution in [2.45, 2.75) is 8.02 Å². The molecule has 0 amide bonds. The molecule has 0 spiro atoms. The van der Waals surface area contributed by atoms with Gasteiger partial charge < -0.3 is 0 Å². The van der Waals surface area contributed by atoms with Crippen LogP contribution in [0.25, 0.3) is 0 Å². The molecular weight excluding hydrogens is 299 g/mol. The van der Waals surface area contributed by atoms with Crippen molar-refractivity contribution in [3.63, 3.8) is 0 Å². The molecule has 0 fully saturated rings. The minimum atomic E-state index is -0.0301. The van der Waals surface area contributed by atoms with E-state index in [9.17, 15) is 0 Å². The Kier molecular flexibility index (Phi) is 4.76. The van der Waals surface area contributed by atoms with Gasteiger partial charge in [0.05, 0.1) is 3.74 Å². The van der Waals surface area contributed by atoms with Gasteiger partial charge in [-0.15, -0.1) is 11.6 Å². The van der Waals surface area contributed by atoms with Crippen molar-refractivity contribution in [2.24, 2.45) is 0 Å². The molecule has 1 unspecified atom stereocenters. The fourth-order valence-electron chi connectivity index (χ4n) is 0. The molecular formula is C2H2Br3Cl. The zero-order valence-corrected chi connectivity index (χ0v) is 8.18. The zero-order chi connectivity index (χ0) is 5.15. The Balaban J connectivity index is 2.99. The summed E-state index contributed by atoms with van der Waals surface area (Å²) in [6.07, 6.45) is 0. The number of hydrogen-bond acceptors (Lipinski definition) is 0. The Morgan fingerprint density at radius 3 is 1.33 bits per heavy atom. The summed E-state index contributed by atoms with van der Waals surface area (Å²) in [5, 5.41) is 0. The Labute approximate surface area is 67.0 Å². The highest BCUT2D eigenvalue weighted by Crippen LogP contribution is 2.22. The van der Waals surface area contributed by atoms with E-state index in [1.807, 2.05) is 0 Å². The maximum absolute atomic E-state index is 5.44. The average Bonchev–Trinajstić information content (AvgIpc) is 1.36. The maximum Gasteiger partial charge on any atom is 0.111 e. The molecule has 0 aliphatic heterocycles. The summed E-state index contributed by atoms with van der Waals surface area (Å²) in [4.78, 5) is 0. The lowest BCUT2D eigenvalue weighted by Crippen LogP contribution is -1.93. The van der Waals surface area contributed by atoms with Gasteiger partial charge in [0, 0.05) is 0 Å². The van der Waals surface area contributed by atoms with E-state index in [1.165, 1.54) is 0 Å². The maximum atomic E-state index is 5.44. The van der Waals surface area contributed by atoms with Gasteiger partial charge >= 0.3 is 0 Å². The van der Waals surface area contributed by atoms with Crippen LogP contribution in [0.15, 0.2) is 0 Å². The molecule has 4 heteroatoms. The van der Waals surface area contributed by atoms with Crippen LogP contribution in [0, 0.1) is 0 Å². The number of rotatable bonds is 1. The first-order valence-corrected chi connectivity index (χ1v) is 4.39. The lowest BCUT2D eigenvalue weighted by atomic mass is 11.0. The highest BCUT2D eigenvalue weighted by molar-refractivity contribution is 9.25. The van der Waals surface area contributed by atoms with Crippen LogP contribution >= 0.6 is 59.4 Å². The summed E-state index contributed by atoms with van der Waals surface area (Å²) in [6, 6.07) is 0. The molecule has 38 valence electrons. The van der Waals surface area contributed by atoms with Crippen LogP contribution in [0.1, 0.15) is 0 Å². The molecule has 0 aromatic rings. The van der Waals surface area contributed by atoms with Crippen molar-refractivity contribution in [3.05, 3.63) is 0 Å². The Morgan fingerprint density at radius 1 is 1.17 bits per heavy atom. The Bertz CT molecular complexity index is 29.8. The molecule has 0 aliphatic carbocycles. The first-order valence-electron chi connectivity index (χ1n) is 1.21. The van der Waals surface area contributed by atoms with Crippen LogP contribution < -0.4 is 0 Å². The second-order valence-electron chi connectivity index (χ2n) is 0.669. The van der Waals surface area contributed by atoms with Crippen molar-refractivity contribution in [3.8, 4) is 0 Å². The second-order valence-corrected chi connectivity index (χ2v) is 5.85. The molecule has 0 rings (SSSR count). The molecule has 0 nitrogen and oxygen atoms in total. The number of halogens is 4. The molecule has 1 atom stereocenters. The van der Waals surface area contributed by atoms with Crippen molar-refractivity contribution in [1.29, 1.82) is 0 Å². The van der Waals surface area contributed by atoms with Gasteiger partial charge in [-0.2, -0.15) is 0 Å². The standard InChI is InChI=1S/C2H2Br3Cl/c3-1(4)2(5)6/h1-2H. The summed E-state index contributed by atoms with van der Waals surface area (Å²) in [5.41, 5.74) is 0. The van der Waals surface area contributed by atoms with Gasteiger partial charge in [0.2, 0.25) is 0 Å². The SMILES string of the molecule is ClC(Br)C(Br)Br. The molecule has 0 radical (unpaired) electrons. The smallest absolute Gasteiger partial charge is 0.108 e. The van der Waals surface area contributed by atoms with Crippen molar-refractivity contribution in [1.82, 2.24) is 0 Å². The lowest BCUT2D eigenvalue weighted by molar-refractivity contribution is 1.42. The van der Waals surface area contributed by atoms with Crippen molar-refractivity contribution in [2.75, 3.05) is 0 Å². The lowest BCUT2D eigenvalue weighted by Gasteiger charge is -1.96. The van der Waals surface area contributed by atoms with Gasteiger partial charge in [-0.3, -0.25) is 0 Å². The van der Waals surface area contributed by atoms with E-state index in [0.29, 0.717) is 0 Å². The van der Waals surface area contributed by atoms with Gasteiger partial charge in [-0.05, 0) is 0 Å². The summed E-state index contributed by atoms with van der Waals surface area (Å²) >= 11 is 14.9. The van der Waals surface area contributed by atoms with Gasteiger partial charge in [0.1, 0.15) is 4.29 Å². The molecule has 0 bridgehead atoms. The van der Waals surface area contributed by atoms with E-state index < -0.39 is 0 Å². The quantitative estimate of drug-likeness (QED) is 0.653. The van der Waals surface area contributed by atoms with Gasteiger partial charge in [-0.1, -0.05) is 47.8 Å². The van der Waals surface area contributed by atoms with Crippen LogP contribution in [0.4, 0.5) is 0 Å². The van der Waals surface area contributed by atoms with Gasteiger partial charge in [0.15, 0.2) is 0 Å². The summed E-state index contributed by atoms with van der Waals surface area (Å²) in [7, 11) is 0. The van der Waals surface area contributed by atoms with Crippen LogP contribution in [0.3, 0.4) is 0 Å². The van der Waals surface area contributed by atoms with Crippen LogP contribution in [0.5, 0.6) is 0 Å². The normalized spacial score (nSPS) is 15.5. The Hall–Kier alpha value is 1.73. The fraction of sp³-hybridized carbons (Fsp3) is 1.00. The van der Waals surface area contributed by atoms with E-state index in [0.717, 1.165) is 0 Å². The summed E-state index contributed by atoms with van der Waals surface area (Å²) < 4.78 is 0.129. The van der Waals surface area contributed by atoms with Gasteiger partial charge in [-0.25, -0.2) is 0 Å². The molecule has 0 heterocycles. The fourth-order valence-corrected chi connectivity index (χ4v) is 0. The van der Waals surface area contributed by atoms with Gasteiger partial charge in [0.25, 0.3) is 0 Å². The predicted molar refractivity (Wildman–Crippen MR) is 40.2 cm³/mol. The minimum Gasteiger partial charge on any atom is -0.108 e. The molecule has 0 aromatic carbocycles. The minimum absolute atomic E-state index is 0.0301. The molecule has 6 heavy (non-hydrogen) atoms. The molecule has 0 saturated heterocycles. The van der Waals surface area contributed by atoms with E-state index in [2.05, 4.69) is 47.8 Å². The second kappa shape index (κ2) is 3.70. The van der Waals surface area contributed by atoms with E-state index in [4.69, 9.17) is 11.6 Å². The van der Waals surface area contributed by atoms with Crippen LogP contribution in [0.2, 0.25) is 0 Å². The van der Waals surface area contributed by atoms with E-state index in [1.54, 1.807) is 0 Å². The third kappa shape index (κ3) is 3.90. The Morgan fingerprint density at radius 2 is 1.33 bits per heavy atom. The largest absolute Gasteiger partial charge is 0.111 e. The van der Waals surface area contributed by atoms with Crippen molar-refractivity contribution >= 4 is 59.4 Å². The third-order valence-corrected chi connectivity index (χ3v) is 4.06. The molecule has 0 N–H and O–H groups in total. The predicted octanol–water partition coefficient (Wildman–Crippen LogP) is 3.06. The molecule has 0 aromatic heterocycles. The molecule has 0 aliphatic rings.